The number of aryl methyl sites for hydroxylation is 1. The summed E-state index contributed by atoms with van der Waals surface area (Å²) in [6, 6.07) is 0. The smallest absolute Gasteiger partial charge is 0.207 e. The lowest BCUT2D eigenvalue weighted by molar-refractivity contribution is -0.109. The lowest BCUT2D eigenvalue weighted by Gasteiger charge is -1.89. The van der Waals surface area contributed by atoms with Crippen LogP contribution in [0.4, 0.5) is 0 Å². The Morgan fingerprint density at radius 3 is 3.00 bits per heavy atom. The average molecular weight is 140 g/mol. The minimum absolute atomic E-state index is 0.407. The van der Waals surface area contributed by atoms with Gasteiger partial charge in [-0.1, -0.05) is 0 Å². The quantitative estimate of drug-likeness (QED) is 0.548. The van der Waals surface area contributed by atoms with Crippen molar-refractivity contribution in [2.45, 2.75) is 13.5 Å². The van der Waals surface area contributed by atoms with Crippen LogP contribution in [0.3, 0.4) is 0 Å². The molecule has 2 N–H and O–H groups in total. The third-order valence-corrected chi connectivity index (χ3v) is 0.999. The van der Waals surface area contributed by atoms with Gasteiger partial charge in [-0.25, -0.2) is 0 Å². The van der Waals surface area contributed by atoms with Crippen LogP contribution >= 0.6 is 0 Å². The number of nitrogens with zero attached hydrogens (tertiary/aromatic N) is 2. The van der Waals surface area contributed by atoms with Crippen LogP contribution < -0.4 is 5.32 Å². The summed E-state index contributed by atoms with van der Waals surface area (Å²) in [5, 5.41) is 9.90. The highest BCUT2D eigenvalue weighted by molar-refractivity contribution is 5.45. The molecule has 0 atom stereocenters. The number of carbonyl (C=O) groups is 1. The Morgan fingerprint density at radius 2 is 2.50 bits per heavy atom. The van der Waals surface area contributed by atoms with Crippen LogP contribution in [0.5, 0.6) is 0 Å². The number of aromatic amines is 1. The highest BCUT2D eigenvalue weighted by Gasteiger charge is 1.95. The Kier molecular flexibility index (Phi) is 1.99. The Balaban J connectivity index is 2.49. The monoisotopic (exact) mass is 140 g/mol. The summed E-state index contributed by atoms with van der Waals surface area (Å²) in [6.45, 7) is 2.21. The summed E-state index contributed by atoms with van der Waals surface area (Å²) in [7, 11) is 0. The van der Waals surface area contributed by atoms with E-state index in [0.717, 1.165) is 5.82 Å². The number of carbonyl (C=O) groups excluding carboxylic acids is 1. The average Bonchev–Trinajstić information content (AvgIpc) is 2.31. The molecule has 0 bridgehead atoms. The van der Waals surface area contributed by atoms with Crippen LogP contribution in [0.25, 0.3) is 0 Å². The molecule has 54 valence electrons. The Labute approximate surface area is 57.9 Å². The Hall–Kier alpha value is -1.39. The number of aromatic nitrogens is 3. The molecule has 10 heavy (non-hydrogen) atoms. The van der Waals surface area contributed by atoms with E-state index in [2.05, 4.69) is 20.5 Å². The van der Waals surface area contributed by atoms with E-state index in [4.69, 9.17) is 0 Å². The van der Waals surface area contributed by atoms with Crippen molar-refractivity contribution in [3.63, 3.8) is 0 Å². The molecule has 1 heterocycles. The molecule has 0 aliphatic heterocycles. The first-order valence-corrected chi connectivity index (χ1v) is 2.88. The van der Waals surface area contributed by atoms with Gasteiger partial charge in [0, 0.05) is 0 Å². The Morgan fingerprint density at radius 1 is 1.70 bits per heavy atom. The number of nitrogens with one attached hydrogen (secondary N) is 2. The van der Waals surface area contributed by atoms with Gasteiger partial charge in [-0.15, -0.1) is 10.2 Å². The lowest BCUT2D eigenvalue weighted by Crippen LogP contribution is -2.10. The van der Waals surface area contributed by atoms with Gasteiger partial charge in [0.15, 0.2) is 0 Å². The zero-order valence-electron chi connectivity index (χ0n) is 5.59. The van der Waals surface area contributed by atoms with Crippen LogP contribution in [0.2, 0.25) is 0 Å². The molecule has 1 aromatic rings. The molecule has 1 rings (SSSR count). The number of hydrogen-bond acceptors (Lipinski definition) is 3. The zero-order chi connectivity index (χ0) is 7.40. The van der Waals surface area contributed by atoms with Crippen LogP contribution in [0.15, 0.2) is 0 Å². The largest absolute Gasteiger partial charge is 0.351 e. The summed E-state index contributed by atoms with van der Waals surface area (Å²) < 4.78 is 0. The highest BCUT2D eigenvalue weighted by Crippen LogP contribution is 1.87. The lowest BCUT2D eigenvalue weighted by atomic mass is 10.6. The van der Waals surface area contributed by atoms with Crippen LogP contribution in [0.1, 0.15) is 11.6 Å². The SMILES string of the molecule is Cc1nnc(CNC=O)[nH]1. The van der Waals surface area contributed by atoms with E-state index in [1.54, 1.807) is 6.92 Å². The number of amides is 1. The predicted octanol–water partition coefficient (Wildman–Crippen LogP) is -0.641. The van der Waals surface area contributed by atoms with E-state index in [-0.39, 0.29) is 0 Å². The van der Waals surface area contributed by atoms with Gasteiger partial charge in [-0.05, 0) is 6.92 Å². The zero-order valence-corrected chi connectivity index (χ0v) is 5.59. The predicted molar refractivity (Wildman–Crippen MR) is 34.0 cm³/mol. The first kappa shape index (κ1) is 6.73. The molecule has 0 saturated carbocycles. The van der Waals surface area contributed by atoms with Crippen LogP contribution in [0, 0.1) is 6.92 Å². The van der Waals surface area contributed by atoms with Gasteiger partial charge in [0.05, 0.1) is 6.54 Å². The molecular weight excluding hydrogens is 132 g/mol. The van der Waals surface area contributed by atoms with Gasteiger partial charge in [-0.2, -0.15) is 0 Å². The van der Waals surface area contributed by atoms with Gasteiger partial charge in [0.2, 0.25) is 6.41 Å². The van der Waals surface area contributed by atoms with Crippen molar-refractivity contribution in [2.75, 3.05) is 0 Å². The third-order valence-electron chi connectivity index (χ3n) is 0.999. The van der Waals surface area contributed by atoms with Gasteiger partial charge < -0.3 is 10.3 Å². The maximum Gasteiger partial charge on any atom is 0.207 e. The van der Waals surface area contributed by atoms with Crippen molar-refractivity contribution in [3.05, 3.63) is 11.6 Å². The van der Waals surface area contributed by atoms with Crippen LogP contribution in [-0.4, -0.2) is 21.6 Å². The molecule has 5 heteroatoms. The fourth-order valence-corrected chi connectivity index (χ4v) is 0.612. The molecule has 0 aliphatic carbocycles. The first-order valence-electron chi connectivity index (χ1n) is 2.88. The minimum Gasteiger partial charge on any atom is -0.351 e. The minimum atomic E-state index is 0.407. The van der Waals surface area contributed by atoms with E-state index in [9.17, 15) is 4.79 Å². The van der Waals surface area contributed by atoms with E-state index in [1.807, 2.05) is 0 Å². The van der Waals surface area contributed by atoms with E-state index < -0.39 is 0 Å². The molecule has 0 aliphatic rings. The van der Waals surface area contributed by atoms with Crippen molar-refractivity contribution in [2.24, 2.45) is 0 Å². The van der Waals surface area contributed by atoms with Crippen LogP contribution in [-0.2, 0) is 11.3 Å². The first-order chi connectivity index (χ1) is 4.83. The van der Waals surface area contributed by atoms with E-state index in [1.165, 1.54) is 0 Å². The second-order valence-electron chi connectivity index (χ2n) is 1.86. The van der Waals surface area contributed by atoms with Gasteiger partial charge in [0.1, 0.15) is 11.6 Å². The molecule has 0 saturated heterocycles. The summed E-state index contributed by atoms with van der Waals surface area (Å²) in [5.41, 5.74) is 0. The van der Waals surface area contributed by atoms with Gasteiger partial charge >= 0.3 is 0 Å². The number of hydrogen-bond donors (Lipinski definition) is 2. The topological polar surface area (TPSA) is 70.7 Å². The molecule has 1 amide bonds. The number of rotatable bonds is 3. The fourth-order valence-electron chi connectivity index (χ4n) is 0.612. The molecule has 5 nitrogen and oxygen atoms in total. The van der Waals surface area contributed by atoms with Crippen molar-refractivity contribution in [3.8, 4) is 0 Å². The molecular formula is C5H8N4O. The summed E-state index contributed by atoms with van der Waals surface area (Å²) >= 11 is 0. The van der Waals surface area contributed by atoms with E-state index in [0.29, 0.717) is 18.8 Å². The third kappa shape index (κ3) is 1.54. The molecule has 0 aromatic carbocycles. The summed E-state index contributed by atoms with van der Waals surface area (Å²) in [6.07, 6.45) is 0.623. The molecule has 0 fully saturated rings. The van der Waals surface area contributed by atoms with Gasteiger partial charge in [-0.3, -0.25) is 4.79 Å². The second kappa shape index (κ2) is 2.95. The molecule has 0 unspecified atom stereocenters. The van der Waals surface area contributed by atoms with Gasteiger partial charge in [0.25, 0.3) is 0 Å². The second-order valence-corrected chi connectivity index (χ2v) is 1.86. The van der Waals surface area contributed by atoms with E-state index >= 15 is 0 Å². The van der Waals surface area contributed by atoms with Crippen molar-refractivity contribution < 1.29 is 4.79 Å². The highest BCUT2D eigenvalue weighted by atomic mass is 16.1. The maximum atomic E-state index is 9.81. The molecule has 0 spiro atoms. The fraction of sp³-hybridized carbons (Fsp3) is 0.400. The molecule has 0 radical (unpaired) electrons. The summed E-state index contributed by atoms with van der Waals surface area (Å²) in [5.74, 6) is 1.42. The molecule has 1 aromatic heterocycles. The Bertz CT molecular complexity index is 219. The normalized spacial score (nSPS) is 9.30. The van der Waals surface area contributed by atoms with Crippen molar-refractivity contribution in [1.29, 1.82) is 0 Å². The van der Waals surface area contributed by atoms with Crippen molar-refractivity contribution >= 4 is 6.41 Å². The summed E-state index contributed by atoms with van der Waals surface area (Å²) in [4.78, 5) is 12.7. The number of H-pyrrole nitrogens is 1. The van der Waals surface area contributed by atoms with Crippen molar-refractivity contribution in [1.82, 2.24) is 20.5 Å². The maximum absolute atomic E-state index is 9.81. The standard InChI is InChI=1S/C5H8N4O/c1-4-7-5(9-8-4)2-6-3-10/h3H,2H2,1H3,(H,6,10)(H,7,8,9).